The van der Waals surface area contributed by atoms with Gasteiger partial charge in [0.2, 0.25) is 0 Å². The van der Waals surface area contributed by atoms with Crippen LogP contribution in [0.15, 0.2) is 12.4 Å². The van der Waals surface area contributed by atoms with E-state index in [4.69, 9.17) is 12.2 Å². The molecule has 0 fully saturated rings. The van der Waals surface area contributed by atoms with Crippen LogP contribution in [0.4, 0.5) is 0 Å². The molecule has 0 saturated carbocycles. The van der Waals surface area contributed by atoms with Crippen LogP contribution >= 0.6 is 24.0 Å². The molecule has 0 amide bonds. The summed E-state index contributed by atoms with van der Waals surface area (Å²) in [5, 5.41) is 6.66. The van der Waals surface area contributed by atoms with Gasteiger partial charge in [-0.05, 0) is 25.2 Å². The normalized spacial score (nSPS) is 9.88. The van der Waals surface area contributed by atoms with Gasteiger partial charge in [-0.3, -0.25) is 0 Å². The smallest absolute Gasteiger partial charge is 0.166 e. The van der Waals surface area contributed by atoms with E-state index in [-0.39, 0.29) is 0 Å². The molecular formula is C10H16N4S2. The van der Waals surface area contributed by atoms with E-state index in [1.165, 1.54) is 0 Å². The quantitative estimate of drug-likeness (QED) is 0.608. The van der Waals surface area contributed by atoms with Crippen molar-refractivity contribution in [2.75, 3.05) is 19.3 Å². The summed E-state index contributed by atoms with van der Waals surface area (Å²) < 4.78 is 0. The van der Waals surface area contributed by atoms with Gasteiger partial charge < -0.3 is 10.6 Å². The molecule has 0 aliphatic rings. The number of aromatic nitrogens is 2. The minimum Gasteiger partial charge on any atom is -0.366 e. The van der Waals surface area contributed by atoms with Crippen LogP contribution < -0.4 is 10.6 Å². The molecule has 1 rings (SSSR count). The molecule has 1 heterocycles. The summed E-state index contributed by atoms with van der Waals surface area (Å²) in [5.41, 5.74) is 2.09. The van der Waals surface area contributed by atoms with Crippen LogP contribution in [-0.2, 0) is 5.75 Å². The van der Waals surface area contributed by atoms with E-state index in [1.807, 2.05) is 31.8 Å². The first kappa shape index (κ1) is 13.2. The first-order valence-corrected chi connectivity index (χ1v) is 6.59. The van der Waals surface area contributed by atoms with Crippen LogP contribution in [0.1, 0.15) is 11.4 Å². The van der Waals surface area contributed by atoms with Crippen molar-refractivity contribution in [2.24, 2.45) is 0 Å². The van der Waals surface area contributed by atoms with Gasteiger partial charge >= 0.3 is 0 Å². The first-order chi connectivity index (χ1) is 7.72. The molecule has 0 aromatic carbocycles. The lowest BCUT2D eigenvalue weighted by molar-refractivity contribution is 0.942. The lowest BCUT2D eigenvalue weighted by Gasteiger charge is -2.06. The summed E-state index contributed by atoms with van der Waals surface area (Å²) in [6, 6.07) is 2.01. The van der Waals surface area contributed by atoms with Crippen LogP contribution in [-0.4, -0.2) is 34.4 Å². The Bertz CT molecular complexity index is 343. The van der Waals surface area contributed by atoms with Gasteiger partial charge in [-0.1, -0.05) is 0 Å². The lowest BCUT2D eigenvalue weighted by atomic mass is 10.4. The fourth-order valence-corrected chi connectivity index (χ4v) is 1.95. The highest BCUT2D eigenvalue weighted by atomic mass is 32.2. The first-order valence-electron chi connectivity index (χ1n) is 5.03. The number of nitrogens with one attached hydrogen (secondary N) is 2. The van der Waals surface area contributed by atoms with Gasteiger partial charge in [-0.2, -0.15) is 11.8 Å². The fourth-order valence-electron chi connectivity index (χ4n) is 1.09. The van der Waals surface area contributed by atoms with Crippen molar-refractivity contribution in [3.8, 4) is 0 Å². The highest BCUT2D eigenvalue weighted by Crippen LogP contribution is 2.08. The highest BCUT2D eigenvalue weighted by Gasteiger charge is 1.96. The molecule has 1 aromatic rings. The zero-order valence-electron chi connectivity index (χ0n) is 9.49. The molecule has 4 nitrogen and oxygen atoms in total. The third-order valence-electron chi connectivity index (χ3n) is 1.87. The molecule has 88 valence electrons. The second kappa shape index (κ2) is 7.40. The zero-order valence-corrected chi connectivity index (χ0v) is 11.1. The van der Waals surface area contributed by atoms with Crippen LogP contribution in [0.2, 0.25) is 0 Å². The SMILES string of the molecule is CNC(=S)NCCSCc1cc(C)ncn1. The van der Waals surface area contributed by atoms with E-state index < -0.39 is 0 Å². The third kappa shape index (κ3) is 5.27. The van der Waals surface area contributed by atoms with Crippen LogP contribution in [0.5, 0.6) is 0 Å². The Morgan fingerprint density at radius 3 is 3.00 bits per heavy atom. The second-order valence-electron chi connectivity index (χ2n) is 3.21. The predicted molar refractivity (Wildman–Crippen MR) is 72.6 cm³/mol. The molecular weight excluding hydrogens is 240 g/mol. The summed E-state index contributed by atoms with van der Waals surface area (Å²) in [6.45, 7) is 2.84. The lowest BCUT2D eigenvalue weighted by Crippen LogP contribution is -2.33. The van der Waals surface area contributed by atoms with Gasteiger partial charge in [-0.15, -0.1) is 0 Å². The minimum atomic E-state index is 0.693. The Morgan fingerprint density at radius 2 is 2.31 bits per heavy atom. The number of hydrogen-bond donors (Lipinski definition) is 2. The predicted octanol–water partition coefficient (Wildman–Crippen LogP) is 1.11. The fraction of sp³-hybridized carbons (Fsp3) is 0.500. The number of nitrogens with zero attached hydrogens (tertiary/aromatic N) is 2. The second-order valence-corrected chi connectivity index (χ2v) is 4.72. The van der Waals surface area contributed by atoms with Gasteiger partial charge in [0.1, 0.15) is 6.33 Å². The van der Waals surface area contributed by atoms with Gasteiger partial charge in [0, 0.05) is 30.8 Å². The average Bonchev–Trinajstić information content (AvgIpc) is 2.28. The van der Waals surface area contributed by atoms with Crippen molar-refractivity contribution in [3.63, 3.8) is 0 Å². The molecule has 0 aliphatic carbocycles. The Balaban J connectivity index is 2.14. The molecule has 0 aliphatic heterocycles. The number of aryl methyl sites for hydroxylation is 1. The maximum Gasteiger partial charge on any atom is 0.166 e. The van der Waals surface area contributed by atoms with Crippen LogP contribution in [0.3, 0.4) is 0 Å². The van der Waals surface area contributed by atoms with Gasteiger partial charge in [-0.25, -0.2) is 9.97 Å². The van der Waals surface area contributed by atoms with Crippen molar-refractivity contribution in [3.05, 3.63) is 23.8 Å². The molecule has 0 bridgehead atoms. The van der Waals surface area contributed by atoms with Crippen molar-refractivity contribution in [2.45, 2.75) is 12.7 Å². The molecule has 0 unspecified atom stereocenters. The maximum atomic E-state index is 4.96. The number of thioether (sulfide) groups is 1. The molecule has 0 radical (unpaired) electrons. The van der Waals surface area contributed by atoms with Crippen molar-refractivity contribution in [1.82, 2.24) is 20.6 Å². The molecule has 16 heavy (non-hydrogen) atoms. The molecule has 0 saturated heterocycles. The Morgan fingerprint density at radius 1 is 1.50 bits per heavy atom. The van der Waals surface area contributed by atoms with Crippen LogP contribution in [0, 0.1) is 6.92 Å². The molecule has 1 aromatic heterocycles. The number of thiocarbonyl (C=S) groups is 1. The standard InChI is InChI=1S/C10H16N4S2/c1-8-5-9(14-7-13-8)6-16-4-3-12-10(15)11-2/h5,7H,3-4,6H2,1-2H3,(H2,11,12,15). The van der Waals surface area contributed by atoms with Gasteiger partial charge in [0.25, 0.3) is 0 Å². The summed E-state index contributed by atoms with van der Waals surface area (Å²) in [7, 11) is 1.81. The van der Waals surface area contributed by atoms with E-state index in [0.717, 1.165) is 29.4 Å². The Hall–Kier alpha value is -0.880. The monoisotopic (exact) mass is 256 g/mol. The van der Waals surface area contributed by atoms with Crippen molar-refractivity contribution < 1.29 is 0 Å². The maximum absolute atomic E-state index is 4.96. The topological polar surface area (TPSA) is 49.8 Å². The summed E-state index contributed by atoms with van der Waals surface area (Å²) in [4.78, 5) is 8.26. The largest absolute Gasteiger partial charge is 0.366 e. The van der Waals surface area contributed by atoms with Gasteiger partial charge in [0.05, 0.1) is 5.69 Å². The Kier molecular flexibility index (Phi) is 6.10. The van der Waals surface area contributed by atoms with E-state index in [1.54, 1.807) is 6.33 Å². The van der Waals surface area contributed by atoms with E-state index in [9.17, 15) is 0 Å². The van der Waals surface area contributed by atoms with Crippen LogP contribution in [0.25, 0.3) is 0 Å². The van der Waals surface area contributed by atoms with E-state index in [2.05, 4.69) is 20.6 Å². The highest BCUT2D eigenvalue weighted by molar-refractivity contribution is 7.98. The van der Waals surface area contributed by atoms with Gasteiger partial charge in [0.15, 0.2) is 5.11 Å². The molecule has 6 heteroatoms. The average molecular weight is 256 g/mol. The molecule has 0 spiro atoms. The summed E-state index contributed by atoms with van der Waals surface area (Å²) in [6.07, 6.45) is 1.61. The van der Waals surface area contributed by atoms with Crippen molar-refractivity contribution in [1.29, 1.82) is 0 Å². The number of hydrogen-bond acceptors (Lipinski definition) is 4. The Labute approximate surface area is 106 Å². The molecule has 2 N–H and O–H groups in total. The third-order valence-corrected chi connectivity index (χ3v) is 3.21. The van der Waals surface area contributed by atoms with E-state index >= 15 is 0 Å². The van der Waals surface area contributed by atoms with Crippen molar-refractivity contribution >= 4 is 29.1 Å². The van der Waals surface area contributed by atoms with E-state index in [0.29, 0.717) is 5.11 Å². The number of rotatable bonds is 5. The minimum absolute atomic E-state index is 0.693. The molecule has 0 atom stereocenters. The summed E-state index contributed by atoms with van der Waals surface area (Å²) >= 11 is 6.79. The zero-order chi connectivity index (χ0) is 11.8. The summed E-state index contributed by atoms with van der Waals surface area (Å²) in [5.74, 6) is 1.92.